The lowest BCUT2D eigenvalue weighted by molar-refractivity contribution is -0.134. The van der Waals surface area contributed by atoms with Gasteiger partial charge in [0.15, 0.2) is 0 Å². The normalized spacial score (nSPS) is 11.1. The summed E-state index contributed by atoms with van der Waals surface area (Å²) in [5, 5.41) is 0. The SMILES string of the molecule is COCCN(CC(F)F)C(=O)CCOc1ccc(C(C)C)cc1. The summed E-state index contributed by atoms with van der Waals surface area (Å²) in [5.74, 6) is 0.745. The minimum Gasteiger partial charge on any atom is -0.493 e. The molecular formula is C17H25F2NO3. The molecule has 0 saturated heterocycles. The molecule has 4 nitrogen and oxygen atoms in total. The van der Waals surface area contributed by atoms with Gasteiger partial charge in [-0.25, -0.2) is 8.78 Å². The Bertz CT molecular complexity index is 463. The number of nitrogens with zero attached hydrogens (tertiary/aromatic N) is 1. The molecule has 0 radical (unpaired) electrons. The second-order valence-corrected chi connectivity index (χ2v) is 5.55. The molecule has 0 atom stereocenters. The number of halogens is 2. The van der Waals surface area contributed by atoms with Gasteiger partial charge in [0.05, 0.1) is 26.2 Å². The van der Waals surface area contributed by atoms with Crippen molar-refractivity contribution in [2.75, 3.05) is 33.4 Å². The Morgan fingerprint density at radius 2 is 1.83 bits per heavy atom. The van der Waals surface area contributed by atoms with E-state index in [4.69, 9.17) is 9.47 Å². The number of carbonyl (C=O) groups is 1. The van der Waals surface area contributed by atoms with Gasteiger partial charge in [-0.3, -0.25) is 4.79 Å². The number of hydrogen-bond acceptors (Lipinski definition) is 3. The summed E-state index contributed by atoms with van der Waals surface area (Å²) >= 11 is 0. The van der Waals surface area contributed by atoms with E-state index in [1.165, 1.54) is 12.7 Å². The zero-order valence-corrected chi connectivity index (χ0v) is 13.9. The van der Waals surface area contributed by atoms with E-state index in [0.717, 1.165) is 4.90 Å². The van der Waals surface area contributed by atoms with Crippen LogP contribution in [-0.4, -0.2) is 50.6 Å². The quantitative estimate of drug-likeness (QED) is 0.661. The van der Waals surface area contributed by atoms with Crippen LogP contribution in [-0.2, 0) is 9.53 Å². The van der Waals surface area contributed by atoms with Gasteiger partial charge in [0.2, 0.25) is 5.91 Å². The summed E-state index contributed by atoms with van der Waals surface area (Å²) < 4.78 is 35.3. The third kappa shape index (κ3) is 7.41. The second-order valence-electron chi connectivity index (χ2n) is 5.55. The summed E-state index contributed by atoms with van der Waals surface area (Å²) in [6.07, 6.45) is -2.50. The van der Waals surface area contributed by atoms with Gasteiger partial charge in [0.1, 0.15) is 5.75 Å². The molecule has 0 fully saturated rings. The first kappa shape index (κ1) is 19.4. The fraction of sp³-hybridized carbons (Fsp3) is 0.588. The van der Waals surface area contributed by atoms with Crippen molar-refractivity contribution >= 4 is 5.91 Å². The summed E-state index contributed by atoms with van der Waals surface area (Å²) in [6, 6.07) is 7.65. The molecule has 23 heavy (non-hydrogen) atoms. The van der Waals surface area contributed by atoms with Crippen LogP contribution in [0.15, 0.2) is 24.3 Å². The van der Waals surface area contributed by atoms with E-state index in [9.17, 15) is 13.6 Å². The Labute approximate surface area is 136 Å². The molecule has 0 aliphatic rings. The van der Waals surface area contributed by atoms with E-state index in [-0.39, 0.29) is 32.1 Å². The van der Waals surface area contributed by atoms with E-state index in [1.807, 2.05) is 24.3 Å². The van der Waals surface area contributed by atoms with Crippen molar-refractivity contribution in [3.8, 4) is 5.75 Å². The van der Waals surface area contributed by atoms with Gasteiger partial charge < -0.3 is 14.4 Å². The Hall–Kier alpha value is -1.69. The molecule has 6 heteroatoms. The Morgan fingerprint density at radius 1 is 1.17 bits per heavy atom. The van der Waals surface area contributed by atoms with Crippen molar-refractivity contribution < 1.29 is 23.0 Å². The third-order valence-electron chi connectivity index (χ3n) is 3.41. The van der Waals surface area contributed by atoms with E-state index in [0.29, 0.717) is 11.7 Å². The number of rotatable bonds is 10. The fourth-order valence-electron chi connectivity index (χ4n) is 2.05. The molecule has 0 spiro atoms. The molecule has 1 rings (SSSR count). The Morgan fingerprint density at radius 3 is 2.35 bits per heavy atom. The predicted molar refractivity (Wildman–Crippen MR) is 85.1 cm³/mol. The molecule has 1 amide bonds. The molecule has 0 bridgehead atoms. The largest absolute Gasteiger partial charge is 0.493 e. The maximum absolute atomic E-state index is 12.5. The Kier molecular flexibility index (Phi) is 8.55. The van der Waals surface area contributed by atoms with E-state index < -0.39 is 13.0 Å². The second kappa shape index (κ2) is 10.2. The number of benzene rings is 1. The third-order valence-corrected chi connectivity index (χ3v) is 3.41. The standard InChI is InChI=1S/C17H25F2NO3/c1-13(2)14-4-6-15(7-5-14)23-10-8-17(21)20(9-11-22-3)12-16(18)19/h4-7,13,16H,8-12H2,1-3H3. The number of ether oxygens (including phenoxy) is 2. The first-order valence-electron chi connectivity index (χ1n) is 7.71. The zero-order chi connectivity index (χ0) is 17.2. The average Bonchev–Trinajstić information content (AvgIpc) is 2.51. The Balaban J connectivity index is 2.43. The summed E-state index contributed by atoms with van der Waals surface area (Å²) in [4.78, 5) is 13.1. The molecule has 0 heterocycles. The van der Waals surface area contributed by atoms with E-state index in [1.54, 1.807) is 0 Å². The highest BCUT2D eigenvalue weighted by Gasteiger charge is 2.17. The van der Waals surface area contributed by atoms with E-state index in [2.05, 4.69) is 13.8 Å². The molecular weight excluding hydrogens is 304 g/mol. The van der Waals surface area contributed by atoms with Crippen molar-refractivity contribution in [2.45, 2.75) is 32.6 Å². The predicted octanol–water partition coefficient (Wildman–Crippen LogP) is 3.32. The zero-order valence-electron chi connectivity index (χ0n) is 13.9. The fourth-order valence-corrected chi connectivity index (χ4v) is 2.05. The minimum atomic E-state index is -2.56. The van der Waals surface area contributed by atoms with Gasteiger partial charge in [-0.15, -0.1) is 0 Å². The lowest BCUT2D eigenvalue weighted by Gasteiger charge is -2.22. The first-order chi connectivity index (χ1) is 10.9. The highest BCUT2D eigenvalue weighted by atomic mass is 19.3. The topological polar surface area (TPSA) is 38.8 Å². The lowest BCUT2D eigenvalue weighted by atomic mass is 10.0. The van der Waals surface area contributed by atoms with Gasteiger partial charge in [-0.2, -0.15) is 0 Å². The number of amides is 1. The van der Waals surface area contributed by atoms with Gasteiger partial charge >= 0.3 is 0 Å². The van der Waals surface area contributed by atoms with Crippen LogP contribution in [0.2, 0.25) is 0 Å². The lowest BCUT2D eigenvalue weighted by Crippen LogP contribution is -2.38. The van der Waals surface area contributed by atoms with Crippen LogP contribution in [0.1, 0.15) is 31.7 Å². The molecule has 0 aliphatic carbocycles. The summed E-state index contributed by atoms with van der Waals surface area (Å²) in [5.41, 5.74) is 1.20. The minimum absolute atomic E-state index is 0.0579. The molecule has 0 saturated carbocycles. The molecule has 1 aromatic rings. The molecule has 0 aliphatic heterocycles. The van der Waals surface area contributed by atoms with Crippen LogP contribution < -0.4 is 4.74 Å². The number of methoxy groups -OCH3 is 1. The van der Waals surface area contributed by atoms with Crippen LogP contribution in [0.3, 0.4) is 0 Å². The van der Waals surface area contributed by atoms with Gasteiger partial charge in [-0.05, 0) is 23.6 Å². The maximum Gasteiger partial charge on any atom is 0.255 e. The van der Waals surface area contributed by atoms with Crippen LogP contribution in [0.5, 0.6) is 5.75 Å². The number of alkyl halides is 2. The highest BCUT2D eigenvalue weighted by molar-refractivity contribution is 5.76. The summed E-state index contributed by atoms with van der Waals surface area (Å²) in [7, 11) is 1.47. The van der Waals surface area contributed by atoms with Crippen molar-refractivity contribution in [1.82, 2.24) is 4.90 Å². The van der Waals surface area contributed by atoms with Crippen molar-refractivity contribution in [2.24, 2.45) is 0 Å². The number of carbonyl (C=O) groups excluding carboxylic acids is 1. The monoisotopic (exact) mass is 329 g/mol. The van der Waals surface area contributed by atoms with Gasteiger partial charge in [0.25, 0.3) is 6.43 Å². The molecule has 0 N–H and O–H groups in total. The van der Waals surface area contributed by atoms with Crippen LogP contribution in [0.25, 0.3) is 0 Å². The smallest absolute Gasteiger partial charge is 0.255 e. The average molecular weight is 329 g/mol. The molecule has 0 unspecified atom stereocenters. The van der Waals surface area contributed by atoms with Crippen LogP contribution >= 0.6 is 0 Å². The summed E-state index contributed by atoms with van der Waals surface area (Å²) in [6.45, 7) is 4.18. The van der Waals surface area contributed by atoms with Crippen molar-refractivity contribution in [3.05, 3.63) is 29.8 Å². The highest BCUT2D eigenvalue weighted by Crippen LogP contribution is 2.18. The van der Waals surface area contributed by atoms with Gasteiger partial charge in [0, 0.05) is 13.7 Å². The molecule has 1 aromatic carbocycles. The van der Waals surface area contributed by atoms with Crippen LogP contribution in [0.4, 0.5) is 8.78 Å². The van der Waals surface area contributed by atoms with E-state index >= 15 is 0 Å². The first-order valence-corrected chi connectivity index (χ1v) is 7.71. The van der Waals surface area contributed by atoms with Crippen molar-refractivity contribution in [1.29, 1.82) is 0 Å². The molecule has 130 valence electrons. The number of hydrogen-bond donors (Lipinski definition) is 0. The van der Waals surface area contributed by atoms with Gasteiger partial charge in [-0.1, -0.05) is 26.0 Å². The van der Waals surface area contributed by atoms with Crippen molar-refractivity contribution in [3.63, 3.8) is 0 Å². The molecule has 0 aromatic heterocycles. The van der Waals surface area contributed by atoms with Crippen LogP contribution in [0, 0.1) is 0 Å². The maximum atomic E-state index is 12.5.